The standard InChI is InChI=1S/C14H23N3O3/c1-3-13(18)17(10-6-14(19)20-4-2)9-5-8-16-11-7-15-12-16/h7,11-12H,3-6,8-10H2,1-2H3. The first-order chi connectivity index (χ1) is 9.67. The monoisotopic (exact) mass is 281 g/mol. The number of aryl methyl sites for hydroxylation is 1. The molecule has 0 atom stereocenters. The second-order valence-corrected chi connectivity index (χ2v) is 4.44. The Hall–Kier alpha value is -1.85. The van der Waals surface area contributed by atoms with Crippen molar-refractivity contribution in [2.45, 2.75) is 39.7 Å². The van der Waals surface area contributed by atoms with Crippen molar-refractivity contribution >= 4 is 11.9 Å². The molecule has 0 saturated heterocycles. The van der Waals surface area contributed by atoms with Gasteiger partial charge in [0, 0.05) is 38.4 Å². The van der Waals surface area contributed by atoms with E-state index in [2.05, 4.69) is 4.98 Å². The number of rotatable bonds is 9. The lowest BCUT2D eigenvalue weighted by molar-refractivity contribution is -0.144. The van der Waals surface area contributed by atoms with Gasteiger partial charge in [0.15, 0.2) is 0 Å². The van der Waals surface area contributed by atoms with Gasteiger partial charge in [-0.3, -0.25) is 9.59 Å². The average Bonchev–Trinajstić information content (AvgIpc) is 2.95. The van der Waals surface area contributed by atoms with Crippen molar-refractivity contribution in [2.75, 3.05) is 19.7 Å². The van der Waals surface area contributed by atoms with Crippen molar-refractivity contribution in [3.05, 3.63) is 18.7 Å². The molecule has 0 N–H and O–H groups in total. The van der Waals surface area contributed by atoms with Crippen LogP contribution in [0, 0.1) is 0 Å². The molecule has 0 aliphatic carbocycles. The fourth-order valence-corrected chi connectivity index (χ4v) is 1.91. The molecule has 1 heterocycles. The molecular formula is C14H23N3O3. The van der Waals surface area contributed by atoms with Crippen LogP contribution in [-0.2, 0) is 20.9 Å². The number of nitrogens with zero attached hydrogens (tertiary/aromatic N) is 3. The van der Waals surface area contributed by atoms with E-state index in [1.165, 1.54) is 0 Å². The summed E-state index contributed by atoms with van der Waals surface area (Å²) < 4.78 is 6.85. The highest BCUT2D eigenvalue weighted by molar-refractivity contribution is 5.77. The van der Waals surface area contributed by atoms with Gasteiger partial charge in [-0.2, -0.15) is 0 Å². The van der Waals surface area contributed by atoms with Crippen LogP contribution in [0.15, 0.2) is 18.7 Å². The summed E-state index contributed by atoms with van der Waals surface area (Å²) in [4.78, 5) is 28.9. The Morgan fingerprint density at radius 3 is 2.70 bits per heavy atom. The Labute approximate surface area is 119 Å². The van der Waals surface area contributed by atoms with Crippen LogP contribution in [0.2, 0.25) is 0 Å². The Balaban J connectivity index is 2.35. The molecule has 0 saturated carbocycles. The molecule has 0 bridgehead atoms. The van der Waals surface area contributed by atoms with E-state index in [0.717, 1.165) is 13.0 Å². The van der Waals surface area contributed by atoms with E-state index in [9.17, 15) is 9.59 Å². The number of hydrogen-bond donors (Lipinski definition) is 0. The summed E-state index contributed by atoms with van der Waals surface area (Å²) in [5.41, 5.74) is 0. The SMILES string of the molecule is CCOC(=O)CCN(CCCn1ccnc1)C(=O)CC. The molecule has 1 aromatic heterocycles. The molecule has 1 aromatic rings. The summed E-state index contributed by atoms with van der Waals surface area (Å²) in [6.07, 6.45) is 6.92. The molecule has 0 unspecified atom stereocenters. The number of amides is 1. The average molecular weight is 281 g/mol. The molecule has 6 nitrogen and oxygen atoms in total. The van der Waals surface area contributed by atoms with Crippen LogP contribution in [0.25, 0.3) is 0 Å². The molecule has 0 radical (unpaired) electrons. The summed E-state index contributed by atoms with van der Waals surface area (Å²) in [7, 11) is 0. The van der Waals surface area contributed by atoms with E-state index in [0.29, 0.717) is 26.1 Å². The maximum absolute atomic E-state index is 11.8. The zero-order chi connectivity index (χ0) is 14.8. The quantitative estimate of drug-likeness (QED) is 0.643. The molecule has 0 aliphatic rings. The van der Waals surface area contributed by atoms with Crippen LogP contribution < -0.4 is 0 Å². The maximum Gasteiger partial charge on any atom is 0.307 e. The van der Waals surface area contributed by atoms with Gasteiger partial charge in [-0.25, -0.2) is 4.98 Å². The predicted octanol–water partition coefficient (Wildman–Crippen LogP) is 1.46. The molecule has 0 aliphatic heterocycles. The summed E-state index contributed by atoms with van der Waals surface area (Å²) in [5, 5.41) is 0. The fraction of sp³-hybridized carbons (Fsp3) is 0.643. The Kier molecular flexibility index (Phi) is 7.39. The van der Waals surface area contributed by atoms with Gasteiger partial charge in [-0.15, -0.1) is 0 Å². The molecule has 6 heteroatoms. The van der Waals surface area contributed by atoms with E-state index in [1.807, 2.05) is 17.7 Å². The number of esters is 1. The van der Waals surface area contributed by atoms with Crippen molar-refractivity contribution in [1.82, 2.24) is 14.5 Å². The van der Waals surface area contributed by atoms with Crippen molar-refractivity contribution in [1.29, 1.82) is 0 Å². The van der Waals surface area contributed by atoms with Gasteiger partial charge >= 0.3 is 5.97 Å². The van der Waals surface area contributed by atoms with Crippen molar-refractivity contribution in [2.24, 2.45) is 0 Å². The molecule has 0 fully saturated rings. The number of aromatic nitrogens is 2. The summed E-state index contributed by atoms with van der Waals surface area (Å²) in [6, 6.07) is 0. The number of carbonyl (C=O) groups excluding carboxylic acids is 2. The van der Waals surface area contributed by atoms with E-state index in [4.69, 9.17) is 4.74 Å². The van der Waals surface area contributed by atoms with Gasteiger partial charge < -0.3 is 14.2 Å². The minimum absolute atomic E-state index is 0.0694. The predicted molar refractivity (Wildman–Crippen MR) is 75.0 cm³/mol. The van der Waals surface area contributed by atoms with Gasteiger partial charge in [-0.05, 0) is 13.3 Å². The van der Waals surface area contributed by atoms with Crippen LogP contribution in [0.3, 0.4) is 0 Å². The molecule has 0 spiro atoms. The topological polar surface area (TPSA) is 64.4 Å². The third kappa shape index (κ3) is 5.86. The lowest BCUT2D eigenvalue weighted by Crippen LogP contribution is -2.34. The zero-order valence-electron chi connectivity index (χ0n) is 12.2. The van der Waals surface area contributed by atoms with Crippen LogP contribution in [0.5, 0.6) is 0 Å². The van der Waals surface area contributed by atoms with Crippen molar-refractivity contribution < 1.29 is 14.3 Å². The first kappa shape index (κ1) is 16.2. The van der Waals surface area contributed by atoms with E-state index in [-0.39, 0.29) is 18.3 Å². The first-order valence-electron chi connectivity index (χ1n) is 7.06. The number of ether oxygens (including phenoxy) is 1. The number of imidazole rings is 1. The second kappa shape index (κ2) is 9.12. The summed E-state index contributed by atoms with van der Waals surface area (Å²) >= 11 is 0. The van der Waals surface area contributed by atoms with Gasteiger partial charge in [0.2, 0.25) is 5.91 Å². The smallest absolute Gasteiger partial charge is 0.307 e. The van der Waals surface area contributed by atoms with Gasteiger partial charge in [0.05, 0.1) is 19.4 Å². The number of carbonyl (C=O) groups is 2. The highest BCUT2D eigenvalue weighted by Gasteiger charge is 2.13. The summed E-state index contributed by atoms with van der Waals surface area (Å²) in [6.45, 7) is 5.86. The highest BCUT2D eigenvalue weighted by atomic mass is 16.5. The lowest BCUT2D eigenvalue weighted by Gasteiger charge is -2.21. The molecular weight excluding hydrogens is 258 g/mol. The second-order valence-electron chi connectivity index (χ2n) is 4.44. The third-order valence-electron chi connectivity index (χ3n) is 2.95. The molecule has 1 rings (SSSR count). The molecule has 20 heavy (non-hydrogen) atoms. The van der Waals surface area contributed by atoms with Crippen LogP contribution in [0.1, 0.15) is 33.1 Å². The third-order valence-corrected chi connectivity index (χ3v) is 2.95. The zero-order valence-corrected chi connectivity index (χ0v) is 12.2. The maximum atomic E-state index is 11.8. The normalized spacial score (nSPS) is 10.3. The highest BCUT2D eigenvalue weighted by Crippen LogP contribution is 2.01. The molecule has 1 amide bonds. The molecule has 112 valence electrons. The Morgan fingerprint density at radius 1 is 1.30 bits per heavy atom. The summed E-state index contributed by atoms with van der Waals surface area (Å²) in [5.74, 6) is -0.184. The first-order valence-corrected chi connectivity index (χ1v) is 7.06. The van der Waals surface area contributed by atoms with Crippen molar-refractivity contribution in [3.8, 4) is 0 Å². The largest absolute Gasteiger partial charge is 0.466 e. The van der Waals surface area contributed by atoms with Gasteiger partial charge in [0.1, 0.15) is 0 Å². The van der Waals surface area contributed by atoms with E-state index in [1.54, 1.807) is 24.3 Å². The van der Waals surface area contributed by atoms with E-state index < -0.39 is 0 Å². The van der Waals surface area contributed by atoms with E-state index >= 15 is 0 Å². The van der Waals surface area contributed by atoms with Crippen LogP contribution in [-0.4, -0.2) is 46.0 Å². The fourth-order valence-electron chi connectivity index (χ4n) is 1.91. The van der Waals surface area contributed by atoms with Gasteiger partial charge in [0.25, 0.3) is 0 Å². The van der Waals surface area contributed by atoms with Gasteiger partial charge in [-0.1, -0.05) is 6.92 Å². The minimum Gasteiger partial charge on any atom is -0.466 e. The number of hydrogen-bond acceptors (Lipinski definition) is 4. The van der Waals surface area contributed by atoms with Crippen molar-refractivity contribution in [3.63, 3.8) is 0 Å². The minimum atomic E-state index is -0.254. The Morgan fingerprint density at radius 2 is 2.10 bits per heavy atom. The van der Waals surface area contributed by atoms with Crippen LogP contribution in [0.4, 0.5) is 0 Å². The lowest BCUT2D eigenvalue weighted by atomic mass is 10.3. The molecule has 0 aromatic carbocycles. The Bertz CT molecular complexity index is 404. The van der Waals surface area contributed by atoms with Crippen LogP contribution >= 0.6 is 0 Å².